The normalized spacial score (nSPS) is 16.1. The van der Waals surface area contributed by atoms with Crippen LogP contribution in [0, 0.1) is 0 Å². The molecule has 0 radical (unpaired) electrons. The lowest BCUT2D eigenvalue weighted by Gasteiger charge is -2.30. The topological polar surface area (TPSA) is 38.8 Å². The molecule has 0 aromatic heterocycles. The van der Waals surface area contributed by atoms with Crippen LogP contribution in [-0.4, -0.2) is 50.1 Å². The zero-order chi connectivity index (χ0) is 19.1. The third kappa shape index (κ3) is 5.55. The molecule has 3 rings (SSSR count). The minimum atomic E-state index is -0.234. The fourth-order valence-corrected chi connectivity index (χ4v) is 3.34. The predicted molar refractivity (Wildman–Crippen MR) is 108 cm³/mol. The highest BCUT2D eigenvalue weighted by Crippen LogP contribution is 2.25. The van der Waals surface area contributed by atoms with Gasteiger partial charge in [-0.05, 0) is 48.4 Å². The second-order valence-electron chi connectivity index (χ2n) is 6.75. The van der Waals surface area contributed by atoms with Crippen molar-refractivity contribution in [2.75, 3.05) is 39.5 Å². The van der Waals surface area contributed by atoms with E-state index >= 15 is 0 Å². The maximum absolute atomic E-state index is 13.3. The molecule has 0 saturated carbocycles. The van der Waals surface area contributed by atoms with E-state index in [1.54, 1.807) is 0 Å². The molecular weight excluding hydrogens is 362 g/mol. The summed E-state index contributed by atoms with van der Waals surface area (Å²) in [5, 5.41) is 0.675. The quantitative estimate of drug-likeness (QED) is 0.628. The maximum Gasteiger partial charge on any atom is 0.171 e. The molecule has 4 nitrogen and oxygen atoms in total. The number of hydrogen-bond donors (Lipinski definition) is 0. The zero-order valence-corrected chi connectivity index (χ0v) is 16.5. The largest absolute Gasteiger partial charge is 0.494 e. The van der Waals surface area contributed by atoms with Crippen LogP contribution in [0.2, 0.25) is 5.02 Å². The summed E-state index contributed by atoms with van der Waals surface area (Å²) in [7, 11) is 0. The minimum Gasteiger partial charge on any atom is -0.494 e. The van der Waals surface area contributed by atoms with E-state index in [0.717, 1.165) is 30.8 Å². The molecule has 1 atom stereocenters. The van der Waals surface area contributed by atoms with Gasteiger partial charge in [0.15, 0.2) is 5.78 Å². The van der Waals surface area contributed by atoms with Crippen molar-refractivity contribution in [3.05, 3.63) is 64.7 Å². The van der Waals surface area contributed by atoms with Gasteiger partial charge in [-0.1, -0.05) is 30.7 Å². The Hall–Kier alpha value is -1.88. The van der Waals surface area contributed by atoms with Gasteiger partial charge in [-0.25, -0.2) is 0 Å². The van der Waals surface area contributed by atoms with Crippen molar-refractivity contribution in [1.29, 1.82) is 0 Å². The number of ether oxygens (including phenoxy) is 2. The van der Waals surface area contributed by atoms with E-state index in [4.69, 9.17) is 21.1 Å². The third-order valence-corrected chi connectivity index (χ3v) is 5.00. The molecule has 144 valence electrons. The Labute approximate surface area is 166 Å². The first-order valence-corrected chi connectivity index (χ1v) is 9.88. The molecule has 1 fully saturated rings. The molecule has 0 spiro atoms. The second-order valence-corrected chi connectivity index (χ2v) is 7.19. The van der Waals surface area contributed by atoms with E-state index < -0.39 is 0 Å². The molecule has 27 heavy (non-hydrogen) atoms. The number of halogens is 1. The van der Waals surface area contributed by atoms with E-state index in [0.29, 0.717) is 37.0 Å². The lowest BCUT2D eigenvalue weighted by atomic mass is 9.90. The van der Waals surface area contributed by atoms with Gasteiger partial charge in [0.25, 0.3) is 0 Å². The van der Waals surface area contributed by atoms with Gasteiger partial charge < -0.3 is 9.47 Å². The van der Waals surface area contributed by atoms with Gasteiger partial charge in [-0.2, -0.15) is 0 Å². The monoisotopic (exact) mass is 387 g/mol. The number of carbonyl (C=O) groups excluding carboxylic acids is 1. The van der Waals surface area contributed by atoms with Crippen molar-refractivity contribution in [1.82, 2.24) is 4.90 Å². The fourth-order valence-electron chi connectivity index (χ4n) is 3.21. The average molecular weight is 388 g/mol. The highest BCUT2D eigenvalue weighted by atomic mass is 35.5. The van der Waals surface area contributed by atoms with Crippen LogP contribution in [0.3, 0.4) is 0 Å². The summed E-state index contributed by atoms with van der Waals surface area (Å²) in [6, 6.07) is 15.0. The van der Waals surface area contributed by atoms with Crippen molar-refractivity contribution < 1.29 is 14.3 Å². The van der Waals surface area contributed by atoms with Crippen molar-refractivity contribution in [2.45, 2.75) is 19.3 Å². The van der Waals surface area contributed by atoms with E-state index in [-0.39, 0.29) is 11.7 Å². The van der Waals surface area contributed by atoms with Crippen LogP contribution in [0.4, 0.5) is 0 Å². The van der Waals surface area contributed by atoms with Crippen molar-refractivity contribution in [2.24, 2.45) is 0 Å². The van der Waals surface area contributed by atoms with Crippen molar-refractivity contribution >= 4 is 17.4 Å². The van der Waals surface area contributed by atoms with Crippen LogP contribution in [-0.2, 0) is 4.74 Å². The standard InChI is InChI=1S/C22H26ClNO3/c1-2-13-27-20-9-5-18(6-10-20)22(25)21(16-24-11-14-26-15-12-24)17-3-7-19(23)8-4-17/h3-10,21H,2,11-16H2,1H3. The number of Topliss-reactive ketones (excluding diaryl/α,β-unsaturated/α-hetero) is 1. The van der Waals surface area contributed by atoms with Crippen LogP contribution >= 0.6 is 11.6 Å². The molecule has 1 heterocycles. The number of nitrogens with zero attached hydrogens (tertiary/aromatic N) is 1. The van der Waals surface area contributed by atoms with Gasteiger partial charge in [0.1, 0.15) is 5.75 Å². The summed E-state index contributed by atoms with van der Waals surface area (Å²) in [5.41, 5.74) is 1.69. The molecule has 2 aromatic carbocycles. The van der Waals surface area contributed by atoms with E-state index in [1.165, 1.54) is 0 Å². The number of carbonyl (C=O) groups is 1. The molecule has 5 heteroatoms. The molecule has 0 bridgehead atoms. The highest BCUT2D eigenvalue weighted by molar-refractivity contribution is 6.30. The first-order chi connectivity index (χ1) is 13.2. The molecule has 1 aliphatic heterocycles. The average Bonchev–Trinajstić information content (AvgIpc) is 2.72. The van der Waals surface area contributed by atoms with Crippen LogP contribution in [0.5, 0.6) is 5.75 Å². The molecule has 0 amide bonds. The summed E-state index contributed by atoms with van der Waals surface area (Å²) < 4.78 is 11.1. The molecular formula is C22H26ClNO3. The van der Waals surface area contributed by atoms with Crippen LogP contribution in [0.15, 0.2) is 48.5 Å². The molecule has 1 saturated heterocycles. The number of ketones is 1. The zero-order valence-electron chi connectivity index (χ0n) is 15.7. The van der Waals surface area contributed by atoms with E-state index in [2.05, 4.69) is 11.8 Å². The van der Waals surface area contributed by atoms with Gasteiger partial charge in [-0.15, -0.1) is 0 Å². The number of rotatable bonds is 8. The summed E-state index contributed by atoms with van der Waals surface area (Å²) in [6.45, 7) is 6.55. The number of benzene rings is 2. The summed E-state index contributed by atoms with van der Waals surface area (Å²) in [5.74, 6) is 0.679. The van der Waals surface area contributed by atoms with Crippen LogP contribution in [0.25, 0.3) is 0 Å². The molecule has 0 N–H and O–H groups in total. The maximum atomic E-state index is 13.3. The summed E-state index contributed by atoms with van der Waals surface area (Å²) >= 11 is 6.04. The minimum absolute atomic E-state index is 0.117. The Morgan fingerprint density at radius 3 is 2.41 bits per heavy atom. The first kappa shape index (κ1) is 19.9. The van der Waals surface area contributed by atoms with Crippen LogP contribution in [0.1, 0.15) is 35.2 Å². The molecule has 0 aliphatic carbocycles. The summed E-state index contributed by atoms with van der Waals surface area (Å²) in [4.78, 5) is 15.6. The van der Waals surface area contributed by atoms with Crippen LogP contribution < -0.4 is 4.74 Å². The van der Waals surface area contributed by atoms with E-state index in [9.17, 15) is 4.79 Å². The first-order valence-electron chi connectivity index (χ1n) is 9.50. The third-order valence-electron chi connectivity index (χ3n) is 4.75. The van der Waals surface area contributed by atoms with Gasteiger partial charge in [0, 0.05) is 30.2 Å². The predicted octanol–water partition coefficient (Wildman–Crippen LogP) is 4.43. The smallest absolute Gasteiger partial charge is 0.171 e. The Morgan fingerprint density at radius 2 is 1.78 bits per heavy atom. The van der Waals surface area contributed by atoms with Gasteiger partial charge in [-0.3, -0.25) is 9.69 Å². The molecule has 2 aromatic rings. The number of hydrogen-bond acceptors (Lipinski definition) is 4. The lowest BCUT2D eigenvalue weighted by molar-refractivity contribution is 0.0345. The Morgan fingerprint density at radius 1 is 1.11 bits per heavy atom. The SMILES string of the molecule is CCCOc1ccc(C(=O)C(CN2CCOCC2)c2ccc(Cl)cc2)cc1. The van der Waals surface area contributed by atoms with E-state index in [1.807, 2.05) is 48.5 Å². The number of morpholine rings is 1. The Balaban J connectivity index is 1.79. The van der Waals surface area contributed by atoms with Crippen molar-refractivity contribution in [3.63, 3.8) is 0 Å². The Bertz CT molecular complexity index is 724. The lowest BCUT2D eigenvalue weighted by Crippen LogP contribution is -2.40. The Kier molecular flexibility index (Phi) is 7.27. The summed E-state index contributed by atoms with van der Waals surface area (Å²) in [6.07, 6.45) is 0.957. The molecule has 1 unspecified atom stereocenters. The second kappa shape index (κ2) is 9.88. The van der Waals surface area contributed by atoms with Gasteiger partial charge >= 0.3 is 0 Å². The van der Waals surface area contributed by atoms with Gasteiger partial charge in [0.2, 0.25) is 0 Å². The molecule has 1 aliphatic rings. The van der Waals surface area contributed by atoms with Gasteiger partial charge in [0.05, 0.1) is 25.7 Å². The fraction of sp³-hybridized carbons (Fsp3) is 0.409. The highest BCUT2D eigenvalue weighted by Gasteiger charge is 2.25. The van der Waals surface area contributed by atoms with Crippen molar-refractivity contribution in [3.8, 4) is 5.75 Å².